The number of aryl methyl sites for hydroxylation is 1. The number of nitrogens with one attached hydrogen (secondary N) is 2. The molecule has 1 fully saturated rings. The zero-order chi connectivity index (χ0) is 21.6. The Kier molecular flexibility index (Phi) is 5.28. The van der Waals surface area contributed by atoms with E-state index in [-0.39, 0.29) is 11.3 Å². The van der Waals surface area contributed by atoms with Crippen molar-refractivity contribution in [3.8, 4) is 17.0 Å². The SMILES string of the molecule is Cc1n[nH]c2nc(-c3ccc(O)cc3F)cc(CN3CC(C)(C)NC[C@H]3C(C)C)c12. The molecule has 30 heavy (non-hydrogen) atoms. The van der Waals surface area contributed by atoms with Gasteiger partial charge in [0.05, 0.1) is 11.4 Å². The van der Waals surface area contributed by atoms with Crippen LogP contribution in [0.3, 0.4) is 0 Å². The summed E-state index contributed by atoms with van der Waals surface area (Å²) in [6.07, 6.45) is 0. The molecule has 0 radical (unpaired) electrons. The van der Waals surface area contributed by atoms with Crippen molar-refractivity contribution >= 4 is 11.0 Å². The number of rotatable bonds is 4. The van der Waals surface area contributed by atoms with Gasteiger partial charge in [0, 0.05) is 48.2 Å². The van der Waals surface area contributed by atoms with Crippen LogP contribution in [0.25, 0.3) is 22.3 Å². The molecule has 0 bridgehead atoms. The van der Waals surface area contributed by atoms with Gasteiger partial charge in [0.25, 0.3) is 0 Å². The van der Waals surface area contributed by atoms with Gasteiger partial charge in [-0.25, -0.2) is 9.37 Å². The molecular formula is C23H30FN5O. The molecule has 0 spiro atoms. The van der Waals surface area contributed by atoms with Crippen LogP contribution in [0.2, 0.25) is 0 Å². The number of phenolic OH excluding ortho intramolecular Hbond substituents is 1. The number of hydrogen-bond acceptors (Lipinski definition) is 5. The van der Waals surface area contributed by atoms with E-state index in [1.165, 1.54) is 6.07 Å². The summed E-state index contributed by atoms with van der Waals surface area (Å²) in [6, 6.07) is 6.54. The van der Waals surface area contributed by atoms with E-state index in [4.69, 9.17) is 0 Å². The Hall–Kier alpha value is -2.51. The minimum Gasteiger partial charge on any atom is -0.508 e. The van der Waals surface area contributed by atoms with Crippen molar-refractivity contribution in [1.29, 1.82) is 0 Å². The molecule has 1 aliphatic rings. The molecule has 160 valence electrons. The summed E-state index contributed by atoms with van der Waals surface area (Å²) in [7, 11) is 0. The Morgan fingerprint density at radius 1 is 1.30 bits per heavy atom. The lowest BCUT2D eigenvalue weighted by atomic mass is 9.92. The van der Waals surface area contributed by atoms with Gasteiger partial charge in [0.15, 0.2) is 5.65 Å². The molecule has 2 aromatic heterocycles. The molecule has 3 N–H and O–H groups in total. The highest BCUT2D eigenvalue weighted by atomic mass is 19.1. The fourth-order valence-corrected chi connectivity index (χ4v) is 4.49. The zero-order valence-corrected chi connectivity index (χ0v) is 18.3. The van der Waals surface area contributed by atoms with E-state index < -0.39 is 5.82 Å². The van der Waals surface area contributed by atoms with Crippen molar-refractivity contribution in [2.75, 3.05) is 13.1 Å². The lowest BCUT2D eigenvalue weighted by Gasteiger charge is -2.46. The number of hydrogen-bond donors (Lipinski definition) is 3. The first kappa shape index (κ1) is 20.8. The van der Waals surface area contributed by atoms with Crippen molar-refractivity contribution in [3.05, 3.63) is 41.3 Å². The molecule has 1 saturated heterocycles. The van der Waals surface area contributed by atoms with E-state index in [2.05, 4.69) is 53.1 Å². The maximum absolute atomic E-state index is 14.6. The zero-order valence-electron chi connectivity index (χ0n) is 18.3. The third-order valence-electron chi connectivity index (χ3n) is 6.02. The number of benzene rings is 1. The van der Waals surface area contributed by atoms with Crippen LogP contribution in [0.4, 0.5) is 4.39 Å². The normalized spacial score (nSPS) is 19.6. The summed E-state index contributed by atoms with van der Waals surface area (Å²) in [5, 5.41) is 21.6. The Bertz CT molecular complexity index is 1070. The quantitative estimate of drug-likeness (QED) is 0.605. The highest BCUT2D eigenvalue weighted by molar-refractivity contribution is 5.84. The van der Waals surface area contributed by atoms with Crippen LogP contribution in [0.1, 0.15) is 39.0 Å². The molecule has 3 heterocycles. The maximum Gasteiger partial charge on any atom is 0.156 e. The largest absolute Gasteiger partial charge is 0.508 e. The number of aromatic amines is 1. The van der Waals surface area contributed by atoms with Gasteiger partial charge in [-0.15, -0.1) is 0 Å². The second kappa shape index (κ2) is 7.63. The van der Waals surface area contributed by atoms with E-state index in [0.717, 1.165) is 42.3 Å². The van der Waals surface area contributed by atoms with Crippen LogP contribution in [0.5, 0.6) is 5.75 Å². The topological polar surface area (TPSA) is 77.1 Å². The van der Waals surface area contributed by atoms with Gasteiger partial charge in [-0.3, -0.25) is 10.00 Å². The highest BCUT2D eigenvalue weighted by Crippen LogP contribution is 2.31. The van der Waals surface area contributed by atoms with Crippen LogP contribution in [-0.4, -0.2) is 49.9 Å². The Morgan fingerprint density at radius 2 is 2.07 bits per heavy atom. The van der Waals surface area contributed by atoms with Crippen LogP contribution >= 0.6 is 0 Å². The lowest BCUT2D eigenvalue weighted by Crippen LogP contribution is -2.62. The van der Waals surface area contributed by atoms with Gasteiger partial charge in [-0.1, -0.05) is 13.8 Å². The van der Waals surface area contributed by atoms with Crippen LogP contribution in [0.15, 0.2) is 24.3 Å². The van der Waals surface area contributed by atoms with Gasteiger partial charge < -0.3 is 10.4 Å². The summed E-state index contributed by atoms with van der Waals surface area (Å²) in [4.78, 5) is 7.14. The number of phenols is 1. The molecule has 0 amide bonds. The molecule has 0 unspecified atom stereocenters. The Labute approximate surface area is 176 Å². The van der Waals surface area contributed by atoms with Crippen LogP contribution in [0, 0.1) is 18.7 Å². The summed E-state index contributed by atoms with van der Waals surface area (Å²) in [6.45, 7) is 13.5. The Balaban J connectivity index is 1.80. The molecule has 0 saturated carbocycles. The van der Waals surface area contributed by atoms with E-state index in [0.29, 0.717) is 28.9 Å². The first-order chi connectivity index (χ1) is 14.1. The number of pyridine rings is 1. The smallest absolute Gasteiger partial charge is 0.156 e. The number of halogens is 1. The van der Waals surface area contributed by atoms with Gasteiger partial charge in [0.2, 0.25) is 0 Å². The molecular weight excluding hydrogens is 381 g/mol. The molecule has 0 aliphatic carbocycles. The van der Waals surface area contributed by atoms with Crippen molar-refractivity contribution < 1.29 is 9.50 Å². The third-order valence-corrected chi connectivity index (χ3v) is 6.02. The standard InChI is InChI=1S/C23H30FN5O/c1-13(2)20-10-25-23(4,5)12-29(20)11-15-8-19(17-7-6-16(30)9-18(17)24)26-22-21(15)14(3)27-28-22/h6-9,13,20,25,30H,10-12H2,1-5H3,(H,26,27,28)/t20-/m0/s1. The number of piperazine rings is 1. The lowest BCUT2D eigenvalue weighted by molar-refractivity contribution is 0.0631. The van der Waals surface area contributed by atoms with Crippen molar-refractivity contribution in [1.82, 2.24) is 25.4 Å². The van der Waals surface area contributed by atoms with Gasteiger partial charge in [-0.05, 0) is 50.5 Å². The summed E-state index contributed by atoms with van der Waals surface area (Å²) in [5.74, 6) is -0.0875. The predicted molar refractivity (Wildman–Crippen MR) is 117 cm³/mol. The number of aromatic nitrogens is 3. The third kappa shape index (κ3) is 3.91. The summed E-state index contributed by atoms with van der Waals surface area (Å²) >= 11 is 0. The minimum atomic E-state index is -0.493. The second-order valence-corrected chi connectivity index (χ2v) is 9.34. The van der Waals surface area contributed by atoms with Crippen molar-refractivity contribution in [3.63, 3.8) is 0 Å². The summed E-state index contributed by atoms with van der Waals surface area (Å²) < 4.78 is 14.6. The van der Waals surface area contributed by atoms with E-state index >= 15 is 0 Å². The molecule has 6 nitrogen and oxygen atoms in total. The molecule has 1 aromatic carbocycles. The van der Waals surface area contributed by atoms with Crippen LogP contribution in [-0.2, 0) is 6.54 Å². The van der Waals surface area contributed by atoms with Crippen LogP contribution < -0.4 is 5.32 Å². The molecule has 1 atom stereocenters. The molecule has 7 heteroatoms. The average molecular weight is 412 g/mol. The van der Waals surface area contributed by atoms with E-state index in [1.54, 1.807) is 6.07 Å². The number of H-pyrrole nitrogens is 1. The summed E-state index contributed by atoms with van der Waals surface area (Å²) in [5.41, 5.74) is 3.55. The van der Waals surface area contributed by atoms with Gasteiger partial charge in [0.1, 0.15) is 11.6 Å². The fraction of sp³-hybridized carbons (Fsp3) is 0.478. The van der Waals surface area contributed by atoms with Gasteiger partial charge in [-0.2, -0.15) is 5.10 Å². The monoisotopic (exact) mass is 411 g/mol. The van der Waals surface area contributed by atoms with Crippen molar-refractivity contribution in [2.24, 2.45) is 5.92 Å². The molecule has 1 aliphatic heterocycles. The maximum atomic E-state index is 14.6. The predicted octanol–water partition coefficient (Wildman–Crippen LogP) is 3.99. The molecule has 3 aromatic rings. The minimum absolute atomic E-state index is 0.0227. The molecule has 4 rings (SSSR count). The first-order valence-electron chi connectivity index (χ1n) is 10.5. The average Bonchev–Trinajstić information content (AvgIpc) is 3.02. The first-order valence-corrected chi connectivity index (χ1v) is 10.5. The fourth-order valence-electron chi connectivity index (χ4n) is 4.49. The van der Waals surface area contributed by atoms with E-state index in [9.17, 15) is 9.50 Å². The van der Waals surface area contributed by atoms with Gasteiger partial charge >= 0.3 is 0 Å². The van der Waals surface area contributed by atoms with Crippen molar-refractivity contribution in [2.45, 2.75) is 52.7 Å². The van der Waals surface area contributed by atoms with E-state index in [1.807, 2.05) is 13.0 Å². The number of fused-ring (bicyclic) bond motifs is 1. The highest BCUT2D eigenvalue weighted by Gasteiger charge is 2.34. The Morgan fingerprint density at radius 3 is 2.77 bits per heavy atom. The number of nitrogens with zero attached hydrogens (tertiary/aromatic N) is 3. The second-order valence-electron chi connectivity index (χ2n) is 9.34. The number of aromatic hydroxyl groups is 1.